The molecule has 3 rings (SSSR count). The number of amides is 1. The number of nitrogens with one attached hydrogen (secondary N) is 2. The predicted octanol–water partition coefficient (Wildman–Crippen LogP) is 2.35. The van der Waals surface area contributed by atoms with Gasteiger partial charge < -0.3 is 19.7 Å². The Morgan fingerprint density at radius 3 is 2.62 bits per heavy atom. The maximum atomic E-state index is 11.3. The lowest BCUT2D eigenvalue weighted by atomic mass is 10.2. The second-order valence-electron chi connectivity index (χ2n) is 7.02. The minimum absolute atomic E-state index is 0. The van der Waals surface area contributed by atoms with Crippen molar-refractivity contribution >= 4 is 41.7 Å². The third-order valence-electron chi connectivity index (χ3n) is 5.16. The van der Waals surface area contributed by atoms with E-state index in [1.54, 1.807) is 0 Å². The average molecular weight is 517 g/mol. The largest absolute Gasteiger partial charge is 0.453 e. The van der Waals surface area contributed by atoms with E-state index in [9.17, 15) is 4.79 Å². The van der Waals surface area contributed by atoms with Gasteiger partial charge in [0.15, 0.2) is 5.96 Å². The van der Waals surface area contributed by atoms with Crippen LogP contribution in [0.3, 0.4) is 0 Å². The lowest BCUT2D eigenvalue weighted by Gasteiger charge is -2.32. The van der Waals surface area contributed by atoms with E-state index < -0.39 is 6.09 Å². The van der Waals surface area contributed by atoms with Crippen LogP contribution in [0.5, 0.6) is 0 Å². The molecule has 2 N–H and O–H groups in total. The molecule has 0 spiro atoms. The Bertz CT molecular complexity index is 665. The number of hydrogen-bond acceptors (Lipinski definition) is 5. The number of hydrogen-bond donors (Lipinski definition) is 2. The Balaban J connectivity index is 0.00000300. The number of halogens is 1. The first-order chi connectivity index (χ1) is 13.7. The zero-order chi connectivity index (χ0) is 19.8. The standard InChI is InChI=1S/C20H31N5O3.HI/c1-3-21-19(25-9-8-18(15-25)24-10-12-28-13-11-24)22-14-16-4-6-17(7-5-16)23-20(26)27-2;/h4-7,18H,3,8-15H2,1-2H3,(H,21,22)(H,23,26);1H. The summed E-state index contributed by atoms with van der Waals surface area (Å²) in [5.74, 6) is 0.968. The molecule has 1 aromatic rings. The fourth-order valence-electron chi connectivity index (χ4n) is 3.63. The fraction of sp³-hybridized carbons (Fsp3) is 0.600. The number of nitrogens with zero attached hydrogens (tertiary/aromatic N) is 3. The van der Waals surface area contributed by atoms with Crippen molar-refractivity contribution in [1.82, 2.24) is 15.1 Å². The molecule has 0 aliphatic carbocycles. The van der Waals surface area contributed by atoms with Gasteiger partial charge in [-0.3, -0.25) is 10.2 Å². The highest BCUT2D eigenvalue weighted by Gasteiger charge is 2.30. The van der Waals surface area contributed by atoms with Crippen molar-refractivity contribution in [3.05, 3.63) is 29.8 Å². The molecule has 1 atom stereocenters. The molecule has 9 heteroatoms. The SMILES string of the molecule is CCNC(=NCc1ccc(NC(=O)OC)cc1)N1CCC(N2CCOCC2)C1.I. The van der Waals surface area contributed by atoms with Gasteiger partial charge in [-0.15, -0.1) is 24.0 Å². The number of benzene rings is 1. The van der Waals surface area contributed by atoms with E-state index in [2.05, 4.69) is 32.1 Å². The number of anilines is 1. The van der Waals surface area contributed by atoms with Crippen LogP contribution in [0.4, 0.5) is 10.5 Å². The molecule has 2 aliphatic heterocycles. The van der Waals surface area contributed by atoms with Crippen molar-refractivity contribution in [3.63, 3.8) is 0 Å². The van der Waals surface area contributed by atoms with Crippen molar-refractivity contribution < 1.29 is 14.3 Å². The van der Waals surface area contributed by atoms with Crippen LogP contribution in [0, 0.1) is 0 Å². The molecule has 0 bridgehead atoms. The summed E-state index contributed by atoms with van der Waals surface area (Å²) in [4.78, 5) is 21.0. The zero-order valence-electron chi connectivity index (χ0n) is 17.2. The van der Waals surface area contributed by atoms with Gasteiger partial charge in [-0.1, -0.05) is 12.1 Å². The van der Waals surface area contributed by atoms with Crippen molar-refractivity contribution in [2.24, 2.45) is 4.99 Å². The smallest absolute Gasteiger partial charge is 0.411 e. The number of ether oxygens (including phenoxy) is 2. The number of carbonyl (C=O) groups is 1. The van der Waals surface area contributed by atoms with Gasteiger partial charge in [-0.25, -0.2) is 9.79 Å². The van der Waals surface area contributed by atoms with Gasteiger partial charge in [0.2, 0.25) is 0 Å². The maximum absolute atomic E-state index is 11.3. The van der Waals surface area contributed by atoms with E-state index >= 15 is 0 Å². The summed E-state index contributed by atoms with van der Waals surface area (Å²) in [7, 11) is 1.35. The minimum Gasteiger partial charge on any atom is -0.453 e. The van der Waals surface area contributed by atoms with E-state index in [-0.39, 0.29) is 24.0 Å². The molecule has 2 fully saturated rings. The number of morpholine rings is 1. The van der Waals surface area contributed by atoms with E-state index in [1.807, 2.05) is 24.3 Å². The van der Waals surface area contributed by atoms with E-state index in [0.717, 1.165) is 63.9 Å². The predicted molar refractivity (Wildman–Crippen MR) is 125 cm³/mol. The van der Waals surface area contributed by atoms with Gasteiger partial charge >= 0.3 is 6.09 Å². The van der Waals surface area contributed by atoms with Gasteiger partial charge in [-0.05, 0) is 31.0 Å². The van der Waals surface area contributed by atoms with Gasteiger partial charge in [0.05, 0.1) is 26.9 Å². The lowest BCUT2D eigenvalue weighted by molar-refractivity contribution is 0.0195. The van der Waals surface area contributed by atoms with Crippen LogP contribution in [0.1, 0.15) is 18.9 Å². The van der Waals surface area contributed by atoms with Crippen LogP contribution >= 0.6 is 24.0 Å². The number of aliphatic imine (C=N–C) groups is 1. The van der Waals surface area contributed by atoms with E-state index in [4.69, 9.17) is 9.73 Å². The number of guanidine groups is 1. The first-order valence-electron chi connectivity index (χ1n) is 9.98. The van der Waals surface area contributed by atoms with Gasteiger partial charge in [0, 0.05) is 44.5 Å². The summed E-state index contributed by atoms with van der Waals surface area (Å²) in [6.45, 7) is 9.30. The number of likely N-dealkylation sites (tertiary alicyclic amines) is 1. The van der Waals surface area contributed by atoms with Gasteiger partial charge in [0.1, 0.15) is 0 Å². The summed E-state index contributed by atoms with van der Waals surface area (Å²) >= 11 is 0. The van der Waals surface area contributed by atoms with Crippen LogP contribution < -0.4 is 10.6 Å². The first kappa shape index (κ1) is 23.7. The molecule has 29 heavy (non-hydrogen) atoms. The summed E-state index contributed by atoms with van der Waals surface area (Å²) in [5.41, 5.74) is 1.80. The normalized spacial score (nSPS) is 20.1. The second-order valence-corrected chi connectivity index (χ2v) is 7.02. The highest BCUT2D eigenvalue weighted by atomic mass is 127. The quantitative estimate of drug-likeness (QED) is 0.355. The second kappa shape index (κ2) is 12.2. The first-order valence-corrected chi connectivity index (χ1v) is 9.98. The van der Waals surface area contributed by atoms with Crippen LogP contribution in [0.25, 0.3) is 0 Å². The van der Waals surface area contributed by atoms with Crippen LogP contribution in [0.2, 0.25) is 0 Å². The van der Waals surface area contributed by atoms with Gasteiger partial charge in [-0.2, -0.15) is 0 Å². The van der Waals surface area contributed by atoms with Gasteiger partial charge in [0.25, 0.3) is 0 Å². The maximum Gasteiger partial charge on any atom is 0.411 e. The third-order valence-corrected chi connectivity index (χ3v) is 5.16. The number of rotatable bonds is 5. The van der Waals surface area contributed by atoms with Crippen molar-refractivity contribution in [2.75, 3.05) is 58.4 Å². The Morgan fingerprint density at radius 1 is 1.24 bits per heavy atom. The molecule has 0 radical (unpaired) electrons. The molecule has 1 aromatic carbocycles. The Morgan fingerprint density at radius 2 is 1.97 bits per heavy atom. The topological polar surface area (TPSA) is 78.4 Å². The van der Waals surface area contributed by atoms with Crippen molar-refractivity contribution in [1.29, 1.82) is 0 Å². The Kier molecular flexibility index (Phi) is 9.95. The van der Waals surface area contributed by atoms with E-state index in [0.29, 0.717) is 18.3 Å². The zero-order valence-corrected chi connectivity index (χ0v) is 19.6. The molecule has 2 aliphatic rings. The summed E-state index contributed by atoms with van der Waals surface area (Å²) in [5, 5.41) is 6.08. The Hall–Kier alpha value is -1.59. The molecule has 1 amide bonds. The summed E-state index contributed by atoms with van der Waals surface area (Å²) in [6.07, 6.45) is 0.697. The molecule has 1 unspecified atom stereocenters. The molecular formula is C20H32IN5O3. The number of carbonyl (C=O) groups excluding carboxylic acids is 1. The molecule has 0 aromatic heterocycles. The summed E-state index contributed by atoms with van der Waals surface area (Å²) in [6, 6.07) is 8.24. The van der Waals surface area contributed by atoms with E-state index in [1.165, 1.54) is 7.11 Å². The fourth-order valence-corrected chi connectivity index (χ4v) is 3.63. The molecule has 0 saturated carbocycles. The van der Waals surface area contributed by atoms with Crippen molar-refractivity contribution in [3.8, 4) is 0 Å². The number of methoxy groups -OCH3 is 1. The average Bonchev–Trinajstić information content (AvgIpc) is 3.23. The third kappa shape index (κ3) is 7.00. The van der Waals surface area contributed by atoms with Crippen LogP contribution in [-0.4, -0.2) is 80.9 Å². The molecular weight excluding hydrogens is 485 g/mol. The van der Waals surface area contributed by atoms with Crippen LogP contribution in [0.15, 0.2) is 29.3 Å². The summed E-state index contributed by atoms with van der Waals surface area (Å²) < 4.78 is 10.1. The minimum atomic E-state index is -0.468. The molecule has 8 nitrogen and oxygen atoms in total. The molecule has 2 heterocycles. The van der Waals surface area contributed by atoms with Crippen molar-refractivity contribution in [2.45, 2.75) is 25.9 Å². The highest BCUT2D eigenvalue weighted by molar-refractivity contribution is 14.0. The Labute approximate surface area is 190 Å². The molecule has 162 valence electrons. The lowest BCUT2D eigenvalue weighted by Crippen LogP contribution is -2.46. The van der Waals surface area contributed by atoms with Crippen LogP contribution in [-0.2, 0) is 16.0 Å². The molecule has 2 saturated heterocycles. The highest BCUT2D eigenvalue weighted by Crippen LogP contribution is 2.17. The monoisotopic (exact) mass is 517 g/mol.